The number of nitrogens with zero attached hydrogens (tertiary/aromatic N) is 1. The molecule has 0 aliphatic heterocycles. The molecule has 0 fully saturated rings. The molecule has 1 aromatic heterocycles. The summed E-state index contributed by atoms with van der Waals surface area (Å²) in [7, 11) is -3.59. The van der Waals surface area contributed by atoms with Crippen molar-refractivity contribution in [2.45, 2.75) is 24.7 Å². The molecule has 0 bridgehead atoms. The van der Waals surface area contributed by atoms with Crippen LogP contribution in [0.4, 0.5) is 0 Å². The van der Waals surface area contributed by atoms with Crippen molar-refractivity contribution in [2.24, 2.45) is 0 Å². The largest absolute Gasteiger partial charge is 0.268 e. The maximum atomic E-state index is 13.0. The van der Waals surface area contributed by atoms with Crippen molar-refractivity contribution in [3.8, 4) is 0 Å². The predicted molar refractivity (Wildman–Crippen MR) is 92.7 cm³/mol. The summed E-state index contributed by atoms with van der Waals surface area (Å²) in [4.78, 5) is 0.313. The van der Waals surface area contributed by atoms with Crippen molar-refractivity contribution < 1.29 is 8.42 Å². The van der Waals surface area contributed by atoms with Crippen molar-refractivity contribution in [3.05, 3.63) is 64.8 Å². The van der Waals surface area contributed by atoms with E-state index in [9.17, 15) is 8.42 Å². The molecular formula is C17H16BrNO2S. The summed E-state index contributed by atoms with van der Waals surface area (Å²) in [5.74, 6) is 0. The van der Waals surface area contributed by atoms with E-state index in [1.807, 2.05) is 37.3 Å². The fraction of sp³-hybridized carbons (Fsp3) is 0.176. The molecule has 2 aromatic carbocycles. The molecule has 1 heterocycles. The number of benzene rings is 2. The van der Waals surface area contributed by atoms with Gasteiger partial charge in [-0.15, -0.1) is 0 Å². The molecule has 0 atom stereocenters. The van der Waals surface area contributed by atoms with Gasteiger partial charge in [0.05, 0.1) is 10.4 Å². The Hall–Kier alpha value is -1.59. The highest BCUT2D eigenvalue weighted by atomic mass is 79.9. The summed E-state index contributed by atoms with van der Waals surface area (Å²) in [6, 6.07) is 16.2. The van der Waals surface area contributed by atoms with E-state index < -0.39 is 10.0 Å². The highest BCUT2D eigenvalue weighted by Gasteiger charge is 2.22. The average molecular weight is 378 g/mol. The van der Waals surface area contributed by atoms with Crippen LogP contribution in [0.2, 0.25) is 0 Å². The van der Waals surface area contributed by atoms with Gasteiger partial charge in [0.1, 0.15) is 0 Å². The van der Waals surface area contributed by atoms with Crippen LogP contribution < -0.4 is 0 Å². The molecule has 3 aromatic rings. The zero-order valence-corrected chi connectivity index (χ0v) is 14.6. The zero-order valence-electron chi connectivity index (χ0n) is 12.2. The minimum Gasteiger partial charge on any atom is -0.238 e. The lowest BCUT2D eigenvalue weighted by molar-refractivity contribution is 0.586. The van der Waals surface area contributed by atoms with Crippen LogP contribution in [0.15, 0.2) is 64.0 Å². The van der Waals surface area contributed by atoms with E-state index in [4.69, 9.17) is 0 Å². The first-order chi connectivity index (χ1) is 10.5. The van der Waals surface area contributed by atoms with E-state index in [0.29, 0.717) is 4.90 Å². The number of hydrogen-bond donors (Lipinski definition) is 0. The molecule has 114 valence electrons. The van der Waals surface area contributed by atoms with Crippen LogP contribution in [-0.4, -0.2) is 12.4 Å². The predicted octanol–water partition coefficient (Wildman–Crippen LogP) is 4.59. The quantitative estimate of drug-likeness (QED) is 0.666. The Morgan fingerprint density at radius 3 is 2.45 bits per heavy atom. The SMILES string of the molecule is CCCc1cc2cc(Br)ccc2n1S(=O)(=O)c1ccccc1. The third-order valence-corrected chi connectivity index (χ3v) is 5.85. The van der Waals surface area contributed by atoms with Crippen molar-refractivity contribution >= 4 is 36.9 Å². The van der Waals surface area contributed by atoms with Gasteiger partial charge in [0.25, 0.3) is 10.0 Å². The number of aromatic nitrogens is 1. The minimum atomic E-state index is -3.59. The van der Waals surface area contributed by atoms with E-state index in [2.05, 4.69) is 15.9 Å². The molecule has 3 rings (SSSR count). The minimum absolute atomic E-state index is 0.313. The number of fused-ring (bicyclic) bond motifs is 1. The molecule has 0 aliphatic carbocycles. The van der Waals surface area contributed by atoms with Gasteiger partial charge in [-0.1, -0.05) is 47.5 Å². The van der Waals surface area contributed by atoms with E-state index in [0.717, 1.165) is 33.9 Å². The topological polar surface area (TPSA) is 39.1 Å². The van der Waals surface area contributed by atoms with Crippen LogP contribution in [0.5, 0.6) is 0 Å². The van der Waals surface area contributed by atoms with Gasteiger partial charge in [0, 0.05) is 15.6 Å². The standard InChI is InChI=1S/C17H16BrNO2S/c1-2-6-15-12-13-11-14(18)9-10-17(13)19(15)22(20,21)16-7-4-3-5-8-16/h3-5,7-12H,2,6H2,1H3. The number of halogens is 1. The maximum Gasteiger partial charge on any atom is 0.268 e. The van der Waals surface area contributed by atoms with Crippen LogP contribution in [-0.2, 0) is 16.4 Å². The zero-order chi connectivity index (χ0) is 15.7. The second-order valence-electron chi connectivity index (χ2n) is 5.17. The van der Waals surface area contributed by atoms with Gasteiger partial charge in [0.15, 0.2) is 0 Å². The van der Waals surface area contributed by atoms with Gasteiger partial charge in [-0.3, -0.25) is 0 Å². The molecule has 0 unspecified atom stereocenters. The summed E-state index contributed by atoms with van der Waals surface area (Å²) < 4.78 is 28.5. The summed E-state index contributed by atoms with van der Waals surface area (Å²) >= 11 is 3.44. The molecule has 0 aliphatic rings. The van der Waals surface area contributed by atoms with E-state index >= 15 is 0 Å². The van der Waals surface area contributed by atoms with Crippen LogP contribution >= 0.6 is 15.9 Å². The Morgan fingerprint density at radius 1 is 1.05 bits per heavy atom. The first-order valence-corrected chi connectivity index (χ1v) is 9.38. The van der Waals surface area contributed by atoms with Crippen LogP contribution in [0.25, 0.3) is 10.9 Å². The first kappa shape index (κ1) is 15.3. The number of hydrogen-bond acceptors (Lipinski definition) is 2. The van der Waals surface area contributed by atoms with E-state index in [1.165, 1.54) is 3.97 Å². The fourth-order valence-electron chi connectivity index (χ4n) is 2.63. The summed E-state index contributed by atoms with van der Waals surface area (Å²) in [6.45, 7) is 2.05. The molecule has 22 heavy (non-hydrogen) atoms. The normalized spacial score (nSPS) is 11.9. The van der Waals surface area contributed by atoms with Crippen LogP contribution in [0.1, 0.15) is 19.0 Å². The smallest absolute Gasteiger partial charge is 0.238 e. The Kier molecular flexibility index (Phi) is 4.10. The molecule has 0 saturated heterocycles. The third-order valence-electron chi connectivity index (χ3n) is 3.58. The highest BCUT2D eigenvalue weighted by molar-refractivity contribution is 9.10. The van der Waals surface area contributed by atoms with Gasteiger partial charge in [-0.05, 0) is 42.8 Å². The average Bonchev–Trinajstić information content (AvgIpc) is 2.86. The molecule has 0 radical (unpaired) electrons. The summed E-state index contributed by atoms with van der Waals surface area (Å²) in [5, 5.41) is 0.928. The van der Waals surface area contributed by atoms with Gasteiger partial charge >= 0.3 is 0 Å². The number of rotatable bonds is 4. The number of aryl methyl sites for hydroxylation is 1. The van der Waals surface area contributed by atoms with Gasteiger partial charge < -0.3 is 0 Å². The fourth-order valence-corrected chi connectivity index (χ4v) is 4.60. The second kappa shape index (κ2) is 5.89. The first-order valence-electron chi connectivity index (χ1n) is 7.14. The van der Waals surface area contributed by atoms with E-state index in [1.54, 1.807) is 24.3 Å². The maximum absolute atomic E-state index is 13.0. The summed E-state index contributed by atoms with van der Waals surface area (Å²) in [6.07, 6.45) is 1.61. The Balaban J connectivity index is 2.31. The van der Waals surface area contributed by atoms with Crippen LogP contribution in [0, 0.1) is 0 Å². The lowest BCUT2D eigenvalue weighted by Crippen LogP contribution is -2.15. The molecule has 0 saturated carbocycles. The third kappa shape index (κ3) is 2.59. The Morgan fingerprint density at radius 2 is 1.77 bits per heavy atom. The van der Waals surface area contributed by atoms with Crippen molar-refractivity contribution in [1.29, 1.82) is 0 Å². The Labute approximate surface area is 138 Å². The van der Waals surface area contributed by atoms with Gasteiger partial charge in [0.2, 0.25) is 0 Å². The van der Waals surface area contributed by atoms with Gasteiger partial charge in [-0.25, -0.2) is 12.4 Å². The van der Waals surface area contributed by atoms with Crippen molar-refractivity contribution in [2.75, 3.05) is 0 Å². The molecular weight excluding hydrogens is 362 g/mol. The van der Waals surface area contributed by atoms with Gasteiger partial charge in [-0.2, -0.15) is 0 Å². The lowest BCUT2D eigenvalue weighted by Gasteiger charge is -2.11. The van der Waals surface area contributed by atoms with Crippen molar-refractivity contribution in [3.63, 3.8) is 0 Å². The molecule has 0 N–H and O–H groups in total. The van der Waals surface area contributed by atoms with Crippen molar-refractivity contribution in [1.82, 2.24) is 3.97 Å². The molecule has 0 spiro atoms. The van der Waals surface area contributed by atoms with Crippen LogP contribution in [0.3, 0.4) is 0 Å². The molecule has 3 nitrogen and oxygen atoms in total. The lowest BCUT2D eigenvalue weighted by atomic mass is 10.2. The second-order valence-corrected chi connectivity index (χ2v) is 7.87. The molecule has 5 heteroatoms. The monoisotopic (exact) mass is 377 g/mol. The molecule has 0 amide bonds. The summed E-state index contributed by atoms with van der Waals surface area (Å²) in [5.41, 5.74) is 1.54. The van der Waals surface area contributed by atoms with E-state index in [-0.39, 0.29) is 0 Å². The highest BCUT2D eigenvalue weighted by Crippen LogP contribution is 2.28. The Bertz CT molecular complexity index is 914.